The van der Waals surface area contributed by atoms with E-state index in [-0.39, 0.29) is 16.5 Å². The summed E-state index contributed by atoms with van der Waals surface area (Å²) in [5.74, 6) is 0. The molecule has 0 spiro atoms. The maximum absolute atomic E-state index is 4.77. The van der Waals surface area contributed by atoms with Crippen molar-refractivity contribution in [1.82, 2.24) is 0 Å². The first-order chi connectivity index (χ1) is 11.9. The molecule has 0 atom stereocenters. The quantitative estimate of drug-likeness (QED) is 0.243. The van der Waals surface area contributed by atoms with Crippen molar-refractivity contribution in [3.8, 4) is 0 Å². The molecule has 3 heteroatoms. The third kappa shape index (κ3) is 9.36. The van der Waals surface area contributed by atoms with Crippen molar-refractivity contribution in [3.05, 3.63) is 60.7 Å². The normalized spacial score (nSPS) is 11.5. The Bertz CT molecular complexity index is 621. The molecule has 0 amide bonds. The van der Waals surface area contributed by atoms with E-state index >= 15 is 0 Å². The predicted octanol–water partition coefficient (Wildman–Crippen LogP) is 6.91. The third-order valence-electron chi connectivity index (χ3n) is 3.93. The standard InChI is InChI=1S/C22H28N2.Ni/c1-2-3-4-5-6-9-18-22(24-21-16-12-8-13-17-21)19-23-20-14-10-7-11-15-20;/h7-8,10-17,19H,2-6,9,18H2,1H3;. The molecule has 0 aliphatic carbocycles. The summed E-state index contributed by atoms with van der Waals surface area (Å²) < 4.78 is 0. The average Bonchev–Trinajstić information content (AvgIpc) is 2.64. The molecule has 0 radical (unpaired) electrons. The summed E-state index contributed by atoms with van der Waals surface area (Å²) in [6.07, 6.45) is 10.7. The molecule has 0 saturated heterocycles. The molecule has 0 N–H and O–H groups in total. The van der Waals surface area contributed by atoms with Gasteiger partial charge in [0.2, 0.25) is 0 Å². The Hall–Kier alpha value is -1.73. The van der Waals surface area contributed by atoms with Gasteiger partial charge < -0.3 is 0 Å². The van der Waals surface area contributed by atoms with Crippen LogP contribution in [0.15, 0.2) is 70.6 Å². The van der Waals surface area contributed by atoms with Gasteiger partial charge in [-0.05, 0) is 37.1 Å². The Balaban J connectivity index is 0.00000312. The van der Waals surface area contributed by atoms with Crippen LogP contribution in [0.1, 0.15) is 51.9 Å². The van der Waals surface area contributed by atoms with Gasteiger partial charge in [0.15, 0.2) is 0 Å². The van der Waals surface area contributed by atoms with Crippen LogP contribution < -0.4 is 0 Å². The minimum absolute atomic E-state index is 0. The molecule has 0 bridgehead atoms. The van der Waals surface area contributed by atoms with Crippen LogP contribution in [0, 0.1) is 0 Å². The van der Waals surface area contributed by atoms with E-state index in [1.54, 1.807) is 0 Å². The molecule has 0 aromatic heterocycles. The third-order valence-corrected chi connectivity index (χ3v) is 3.93. The van der Waals surface area contributed by atoms with Crippen LogP contribution in [-0.4, -0.2) is 11.9 Å². The fraction of sp³-hybridized carbons (Fsp3) is 0.364. The first-order valence-corrected chi connectivity index (χ1v) is 9.10. The molecule has 2 rings (SSSR count). The first kappa shape index (κ1) is 21.3. The zero-order valence-electron chi connectivity index (χ0n) is 15.0. The van der Waals surface area contributed by atoms with Crippen molar-refractivity contribution in [2.45, 2.75) is 51.9 Å². The molecule has 2 aromatic rings. The van der Waals surface area contributed by atoms with Gasteiger partial charge in [-0.2, -0.15) is 0 Å². The number of benzene rings is 2. The van der Waals surface area contributed by atoms with E-state index in [2.05, 4.69) is 11.9 Å². The van der Waals surface area contributed by atoms with Gasteiger partial charge in [0.1, 0.15) is 0 Å². The van der Waals surface area contributed by atoms with E-state index < -0.39 is 0 Å². The van der Waals surface area contributed by atoms with Gasteiger partial charge >= 0.3 is 0 Å². The summed E-state index contributed by atoms with van der Waals surface area (Å²) in [6.45, 7) is 2.25. The van der Waals surface area contributed by atoms with Crippen LogP contribution in [0.4, 0.5) is 11.4 Å². The van der Waals surface area contributed by atoms with E-state index in [9.17, 15) is 0 Å². The number of rotatable bonds is 10. The van der Waals surface area contributed by atoms with Gasteiger partial charge in [-0.15, -0.1) is 0 Å². The largest absolute Gasteiger partial charge is 0.255 e. The van der Waals surface area contributed by atoms with E-state index in [1.165, 1.54) is 38.5 Å². The fourth-order valence-corrected chi connectivity index (χ4v) is 2.57. The number of aliphatic imine (C=N–C) groups is 2. The fourth-order valence-electron chi connectivity index (χ4n) is 2.57. The summed E-state index contributed by atoms with van der Waals surface area (Å²) in [7, 11) is 0. The molecule has 0 fully saturated rings. The topological polar surface area (TPSA) is 24.7 Å². The number of unbranched alkanes of at least 4 members (excludes halogenated alkanes) is 5. The number of nitrogens with zero attached hydrogens (tertiary/aromatic N) is 2. The Morgan fingerprint density at radius 2 is 1.32 bits per heavy atom. The number of hydrogen-bond acceptors (Lipinski definition) is 2. The van der Waals surface area contributed by atoms with Crippen LogP contribution >= 0.6 is 0 Å². The summed E-state index contributed by atoms with van der Waals surface area (Å²) in [6, 6.07) is 20.2. The van der Waals surface area contributed by atoms with Crippen molar-refractivity contribution < 1.29 is 16.5 Å². The van der Waals surface area contributed by atoms with E-state index in [0.29, 0.717) is 0 Å². The van der Waals surface area contributed by atoms with Crippen molar-refractivity contribution in [2.24, 2.45) is 9.98 Å². The van der Waals surface area contributed by atoms with E-state index in [0.717, 1.165) is 23.5 Å². The van der Waals surface area contributed by atoms with Crippen LogP contribution in [0.3, 0.4) is 0 Å². The molecule has 0 unspecified atom stereocenters. The second kappa shape index (κ2) is 13.6. The van der Waals surface area contributed by atoms with Crippen molar-refractivity contribution >= 4 is 23.3 Å². The molecule has 0 saturated carbocycles. The summed E-state index contributed by atoms with van der Waals surface area (Å²) in [5.41, 5.74) is 3.03. The minimum Gasteiger partial charge on any atom is -0.255 e. The van der Waals surface area contributed by atoms with Crippen LogP contribution in [0.2, 0.25) is 0 Å². The first-order valence-electron chi connectivity index (χ1n) is 9.10. The Morgan fingerprint density at radius 3 is 1.96 bits per heavy atom. The molecule has 0 aliphatic rings. The second-order valence-corrected chi connectivity index (χ2v) is 6.05. The molecular formula is C22H28N2Ni. The van der Waals surface area contributed by atoms with Gasteiger partial charge in [-0.25, -0.2) is 0 Å². The maximum atomic E-state index is 4.77. The Labute approximate surface area is 162 Å². The molecular weight excluding hydrogens is 351 g/mol. The number of hydrogen-bond donors (Lipinski definition) is 0. The Kier molecular flexibility index (Phi) is 11.6. The van der Waals surface area contributed by atoms with Crippen molar-refractivity contribution in [3.63, 3.8) is 0 Å². The molecule has 0 aliphatic heterocycles. The van der Waals surface area contributed by atoms with Crippen LogP contribution in [0.5, 0.6) is 0 Å². The van der Waals surface area contributed by atoms with Gasteiger partial charge in [0.25, 0.3) is 0 Å². The SMILES string of the molecule is CCCCCCCCC(C=Nc1ccccc1)=Nc1ccccc1.[Ni]. The zero-order chi connectivity index (χ0) is 16.9. The van der Waals surface area contributed by atoms with Gasteiger partial charge in [-0.1, -0.05) is 75.4 Å². The summed E-state index contributed by atoms with van der Waals surface area (Å²) in [4.78, 5) is 9.35. The Morgan fingerprint density at radius 1 is 0.760 bits per heavy atom. The zero-order valence-corrected chi connectivity index (χ0v) is 16.0. The predicted molar refractivity (Wildman–Crippen MR) is 106 cm³/mol. The van der Waals surface area contributed by atoms with Gasteiger partial charge in [0.05, 0.1) is 17.1 Å². The number of para-hydroxylation sites is 2. The molecule has 0 heterocycles. The monoisotopic (exact) mass is 378 g/mol. The average molecular weight is 379 g/mol. The molecule has 2 aromatic carbocycles. The second-order valence-electron chi connectivity index (χ2n) is 6.05. The summed E-state index contributed by atoms with van der Waals surface area (Å²) in [5, 5.41) is 0. The van der Waals surface area contributed by atoms with Crippen LogP contribution in [0.25, 0.3) is 0 Å². The van der Waals surface area contributed by atoms with E-state index in [1.807, 2.05) is 66.9 Å². The maximum Gasteiger partial charge on any atom is 0.0633 e. The smallest absolute Gasteiger partial charge is 0.0633 e. The van der Waals surface area contributed by atoms with E-state index in [4.69, 9.17) is 4.99 Å². The van der Waals surface area contributed by atoms with Crippen molar-refractivity contribution in [1.29, 1.82) is 0 Å². The summed E-state index contributed by atoms with van der Waals surface area (Å²) >= 11 is 0. The molecule has 25 heavy (non-hydrogen) atoms. The van der Waals surface area contributed by atoms with Gasteiger partial charge in [-0.3, -0.25) is 9.98 Å². The van der Waals surface area contributed by atoms with Crippen LogP contribution in [-0.2, 0) is 16.5 Å². The molecule has 2 nitrogen and oxygen atoms in total. The van der Waals surface area contributed by atoms with Gasteiger partial charge in [0, 0.05) is 22.7 Å². The minimum atomic E-state index is 0. The van der Waals surface area contributed by atoms with Crippen molar-refractivity contribution in [2.75, 3.05) is 0 Å². The molecule has 136 valence electrons.